The minimum atomic E-state index is -1.68. The van der Waals surface area contributed by atoms with Gasteiger partial charge in [-0.05, 0) is 0 Å². The van der Waals surface area contributed by atoms with Crippen LogP contribution >= 0.6 is 17.0 Å². The second-order valence-corrected chi connectivity index (χ2v) is 5.09. The van der Waals surface area contributed by atoms with Crippen LogP contribution in [0, 0.1) is 0 Å². The zero-order valence-electron chi connectivity index (χ0n) is 14.1. The van der Waals surface area contributed by atoms with Gasteiger partial charge in [0.2, 0.25) is 0 Å². The predicted molar refractivity (Wildman–Crippen MR) is 84.5 cm³/mol. The van der Waals surface area contributed by atoms with Gasteiger partial charge < -0.3 is 28.8 Å². The first-order chi connectivity index (χ1) is 11.1. The third kappa shape index (κ3) is 7.36. The second-order valence-electron chi connectivity index (χ2n) is 5.09. The summed E-state index contributed by atoms with van der Waals surface area (Å²) in [5.41, 5.74) is 0. The summed E-state index contributed by atoms with van der Waals surface area (Å²) in [5, 5.41) is 10.0. The molecule has 11 heteroatoms. The van der Waals surface area contributed by atoms with E-state index in [-0.39, 0.29) is 23.6 Å². The van der Waals surface area contributed by atoms with Crippen LogP contribution in [0.1, 0.15) is 27.7 Å². The lowest BCUT2D eigenvalue weighted by Crippen LogP contribution is -2.62. The molecule has 144 valence electrons. The van der Waals surface area contributed by atoms with Crippen LogP contribution in [0.25, 0.3) is 0 Å². The van der Waals surface area contributed by atoms with E-state index in [2.05, 4.69) is 0 Å². The van der Waals surface area contributed by atoms with E-state index < -0.39 is 54.6 Å². The lowest BCUT2D eigenvalue weighted by atomic mass is 9.98. The minimum absolute atomic E-state index is 0. The van der Waals surface area contributed by atoms with Crippen molar-refractivity contribution in [2.24, 2.45) is 0 Å². The van der Waals surface area contributed by atoms with Crippen molar-refractivity contribution < 1.29 is 48.0 Å². The number of rotatable bonds is 5. The molecule has 0 aromatic rings. The van der Waals surface area contributed by atoms with Crippen LogP contribution in [0.5, 0.6) is 0 Å². The maximum Gasteiger partial charge on any atom is 0.303 e. The Morgan fingerprint density at radius 3 is 1.68 bits per heavy atom. The summed E-state index contributed by atoms with van der Waals surface area (Å²) in [6.07, 6.45) is -6.79. The normalized spacial score (nSPS) is 28.1. The summed E-state index contributed by atoms with van der Waals surface area (Å²) in [7, 11) is 0. The zero-order valence-corrected chi connectivity index (χ0v) is 15.8. The molecule has 0 unspecified atom stereocenters. The molecular formula is C14H21BrO10. The monoisotopic (exact) mass is 428 g/mol. The Labute approximate surface area is 154 Å². The number of carbonyl (C=O) groups excluding carboxylic acids is 4. The number of aliphatic hydroxyl groups excluding tert-OH is 1. The smallest absolute Gasteiger partial charge is 0.303 e. The number of esters is 4. The van der Waals surface area contributed by atoms with E-state index in [0.717, 1.165) is 27.7 Å². The van der Waals surface area contributed by atoms with Gasteiger partial charge in [0.05, 0.1) is 0 Å². The van der Waals surface area contributed by atoms with Gasteiger partial charge in [-0.3, -0.25) is 19.2 Å². The van der Waals surface area contributed by atoms with Crippen LogP contribution in [0.15, 0.2) is 0 Å². The second kappa shape index (κ2) is 10.3. The van der Waals surface area contributed by atoms with Crippen molar-refractivity contribution in [3.05, 3.63) is 0 Å². The lowest BCUT2D eigenvalue weighted by Gasteiger charge is -2.42. The zero-order chi connectivity index (χ0) is 18.4. The Hall–Kier alpha value is -1.72. The van der Waals surface area contributed by atoms with E-state index in [1.807, 2.05) is 0 Å². The van der Waals surface area contributed by atoms with Gasteiger partial charge in [0, 0.05) is 27.7 Å². The van der Waals surface area contributed by atoms with Crippen LogP contribution in [0.2, 0.25) is 0 Å². The molecule has 0 aliphatic carbocycles. The first-order valence-corrected chi connectivity index (χ1v) is 7.10. The first kappa shape index (κ1) is 23.3. The van der Waals surface area contributed by atoms with Crippen LogP contribution in [-0.2, 0) is 42.9 Å². The Balaban J connectivity index is 0.00000576. The van der Waals surface area contributed by atoms with E-state index in [9.17, 15) is 24.3 Å². The number of ether oxygens (including phenoxy) is 5. The molecule has 0 radical (unpaired) electrons. The summed E-state index contributed by atoms with van der Waals surface area (Å²) < 4.78 is 25.0. The molecule has 0 aromatic heterocycles. The molecule has 1 N–H and O–H groups in total. The third-order valence-electron chi connectivity index (χ3n) is 2.97. The number of aliphatic hydroxyl groups is 1. The van der Waals surface area contributed by atoms with Crippen LogP contribution < -0.4 is 0 Å². The summed E-state index contributed by atoms with van der Waals surface area (Å²) in [5.74, 6) is -2.87. The van der Waals surface area contributed by atoms with Crippen LogP contribution in [0.3, 0.4) is 0 Å². The molecule has 1 saturated heterocycles. The maximum atomic E-state index is 11.3. The van der Waals surface area contributed by atoms with Gasteiger partial charge in [-0.15, -0.1) is 17.0 Å². The quantitative estimate of drug-likeness (QED) is 0.456. The van der Waals surface area contributed by atoms with Crippen LogP contribution in [-0.4, -0.2) is 66.3 Å². The summed E-state index contributed by atoms with van der Waals surface area (Å²) in [4.78, 5) is 44.9. The maximum absolute atomic E-state index is 11.3. The van der Waals surface area contributed by atoms with Gasteiger partial charge in [0.15, 0.2) is 24.6 Å². The molecule has 0 spiro atoms. The van der Waals surface area contributed by atoms with Crippen molar-refractivity contribution in [1.29, 1.82) is 0 Å². The average Bonchev–Trinajstić information content (AvgIpc) is 2.42. The molecule has 0 bridgehead atoms. The van der Waals surface area contributed by atoms with Crippen molar-refractivity contribution in [2.75, 3.05) is 6.61 Å². The SMILES string of the molecule is Br.CC(=O)OC[C@H]1O[C@H](O)[C@H](OC(C)=O)[C@@H](OC(C)=O)[C@H]1OC(C)=O. The van der Waals surface area contributed by atoms with Crippen molar-refractivity contribution in [3.8, 4) is 0 Å². The highest BCUT2D eigenvalue weighted by Gasteiger charge is 2.51. The molecule has 0 saturated carbocycles. The molecule has 1 rings (SSSR count). The molecule has 1 fully saturated rings. The summed E-state index contributed by atoms with van der Waals surface area (Å²) in [6.45, 7) is 4.09. The molecule has 1 aliphatic rings. The molecule has 10 nitrogen and oxygen atoms in total. The van der Waals surface area contributed by atoms with Crippen LogP contribution in [0.4, 0.5) is 0 Å². The van der Waals surface area contributed by atoms with E-state index >= 15 is 0 Å². The van der Waals surface area contributed by atoms with Gasteiger partial charge in [-0.1, -0.05) is 0 Å². The Kier molecular flexibility index (Phi) is 9.60. The Morgan fingerprint density at radius 1 is 0.800 bits per heavy atom. The molecule has 25 heavy (non-hydrogen) atoms. The Morgan fingerprint density at radius 2 is 1.24 bits per heavy atom. The standard InChI is InChI=1S/C14H20O10.BrH/c1-6(15)20-5-10-11(21-7(2)16)12(22-8(3)17)13(14(19)24-10)23-9(4)18;/h10-14,19H,5H2,1-4H3;1H/t10-,11+,12+,13-,14+;/m1./s1. The predicted octanol–water partition coefficient (Wildman–Crippen LogP) is -0.360. The topological polar surface area (TPSA) is 135 Å². The minimum Gasteiger partial charge on any atom is -0.463 e. The summed E-state index contributed by atoms with van der Waals surface area (Å²) >= 11 is 0. The fraction of sp³-hybridized carbons (Fsp3) is 0.714. The highest BCUT2D eigenvalue weighted by molar-refractivity contribution is 8.93. The van der Waals surface area contributed by atoms with Crippen molar-refractivity contribution in [2.45, 2.75) is 58.4 Å². The molecule has 0 aromatic carbocycles. The van der Waals surface area contributed by atoms with Gasteiger partial charge in [-0.2, -0.15) is 0 Å². The first-order valence-electron chi connectivity index (χ1n) is 7.10. The average molecular weight is 429 g/mol. The Bertz CT molecular complexity index is 508. The van der Waals surface area contributed by atoms with E-state index in [1.54, 1.807) is 0 Å². The molecule has 0 amide bonds. The van der Waals surface area contributed by atoms with Crippen molar-refractivity contribution in [1.82, 2.24) is 0 Å². The van der Waals surface area contributed by atoms with Gasteiger partial charge in [0.25, 0.3) is 0 Å². The fourth-order valence-electron chi connectivity index (χ4n) is 2.21. The molecular weight excluding hydrogens is 408 g/mol. The molecule has 1 heterocycles. The highest BCUT2D eigenvalue weighted by Crippen LogP contribution is 2.28. The third-order valence-corrected chi connectivity index (χ3v) is 2.97. The van der Waals surface area contributed by atoms with Gasteiger partial charge >= 0.3 is 23.9 Å². The summed E-state index contributed by atoms with van der Waals surface area (Å²) in [6, 6.07) is 0. The molecule has 5 atom stereocenters. The number of hydrogen-bond donors (Lipinski definition) is 1. The van der Waals surface area contributed by atoms with Gasteiger partial charge in [-0.25, -0.2) is 0 Å². The number of carbonyl (C=O) groups is 4. The highest BCUT2D eigenvalue weighted by atomic mass is 79.9. The van der Waals surface area contributed by atoms with Gasteiger partial charge in [0.1, 0.15) is 12.7 Å². The van der Waals surface area contributed by atoms with E-state index in [0.29, 0.717) is 0 Å². The van der Waals surface area contributed by atoms with Crippen molar-refractivity contribution in [3.63, 3.8) is 0 Å². The largest absolute Gasteiger partial charge is 0.463 e. The lowest BCUT2D eigenvalue weighted by molar-refractivity contribution is -0.296. The fourth-order valence-corrected chi connectivity index (χ4v) is 2.21. The number of halogens is 1. The van der Waals surface area contributed by atoms with E-state index in [1.165, 1.54) is 0 Å². The number of hydrogen-bond acceptors (Lipinski definition) is 10. The van der Waals surface area contributed by atoms with Crippen molar-refractivity contribution >= 4 is 40.9 Å². The van der Waals surface area contributed by atoms with E-state index in [4.69, 9.17) is 23.7 Å². The molecule has 1 aliphatic heterocycles.